The van der Waals surface area contributed by atoms with Gasteiger partial charge in [0.1, 0.15) is 0 Å². The number of hydrogen-bond acceptors (Lipinski definition) is 3. The topological polar surface area (TPSA) is 66.4 Å². The molecule has 0 aliphatic carbocycles. The van der Waals surface area contributed by atoms with E-state index in [1.807, 2.05) is 24.4 Å². The molecule has 2 N–H and O–H groups in total. The van der Waals surface area contributed by atoms with Gasteiger partial charge in [0.15, 0.2) is 0 Å². The Balaban J connectivity index is 2.11. The van der Waals surface area contributed by atoms with Crippen molar-refractivity contribution < 1.29 is 14.7 Å². The number of carboxylic acid groups (broad SMARTS) is 1. The molecule has 1 heterocycles. The molecule has 1 aromatic heterocycles. The molecule has 1 atom stereocenters. The molecule has 0 aromatic carbocycles. The third-order valence-electron chi connectivity index (χ3n) is 2.68. The van der Waals surface area contributed by atoms with Crippen LogP contribution in [0, 0.1) is 5.92 Å². The summed E-state index contributed by atoms with van der Waals surface area (Å²) in [6, 6.07) is 4.00. The number of amides is 1. The van der Waals surface area contributed by atoms with Crippen molar-refractivity contribution in [3.63, 3.8) is 0 Å². The van der Waals surface area contributed by atoms with E-state index < -0.39 is 5.97 Å². The second kappa shape index (κ2) is 7.87. The van der Waals surface area contributed by atoms with Crippen LogP contribution in [0.25, 0.3) is 0 Å². The van der Waals surface area contributed by atoms with Crippen LogP contribution in [0.2, 0.25) is 0 Å². The number of nitrogens with one attached hydrogen (secondary N) is 1. The van der Waals surface area contributed by atoms with Gasteiger partial charge in [-0.1, -0.05) is 13.0 Å². The molecule has 1 aromatic rings. The zero-order chi connectivity index (χ0) is 13.4. The number of carbonyl (C=O) groups is 2. The van der Waals surface area contributed by atoms with E-state index in [2.05, 4.69) is 5.32 Å². The molecule has 18 heavy (non-hydrogen) atoms. The lowest BCUT2D eigenvalue weighted by atomic mass is 10.1. The minimum Gasteiger partial charge on any atom is -0.481 e. The van der Waals surface area contributed by atoms with Crippen LogP contribution >= 0.6 is 11.3 Å². The van der Waals surface area contributed by atoms with E-state index >= 15 is 0 Å². The zero-order valence-corrected chi connectivity index (χ0v) is 11.3. The summed E-state index contributed by atoms with van der Waals surface area (Å²) < 4.78 is 0. The Labute approximate surface area is 111 Å². The molecule has 0 radical (unpaired) electrons. The zero-order valence-electron chi connectivity index (χ0n) is 10.5. The molecule has 1 unspecified atom stereocenters. The Morgan fingerprint density at radius 3 is 2.83 bits per heavy atom. The van der Waals surface area contributed by atoms with E-state index in [9.17, 15) is 9.59 Å². The lowest BCUT2D eigenvalue weighted by Crippen LogP contribution is -2.28. The lowest BCUT2D eigenvalue weighted by Gasteiger charge is -2.11. The minimum absolute atomic E-state index is 0.0329. The summed E-state index contributed by atoms with van der Waals surface area (Å²) >= 11 is 1.66. The Kier molecular flexibility index (Phi) is 6.43. The van der Waals surface area contributed by atoms with Crippen LogP contribution in [0.1, 0.15) is 31.1 Å². The molecular weight excluding hydrogens is 250 g/mol. The van der Waals surface area contributed by atoms with Crippen LogP contribution in [-0.4, -0.2) is 23.5 Å². The minimum atomic E-state index is -0.786. The van der Waals surface area contributed by atoms with Gasteiger partial charge in [-0.3, -0.25) is 9.59 Å². The average Bonchev–Trinajstić information content (AvgIpc) is 2.84. The molecular formula is C13H19NO3S. The van der Waals surface area contributed by atoms with Crippen molar-refractivity contribution in [2.24, 2.45) is 5.92 Å². The van der Waals surface area contributed by atoms with Gasteiger partial charge in [0.2, 0.25) is 5.91 Å². The predicted octanol–water partition coefficient (Wildman–Crippen LogP) is 2.30. The van der Waals surface area contributed by atoms with Crippen molar-refractivity contribution in [1.82, 2.24) is 5.32 Å². The SMILES string of the molecule is CC(CCC(=O)O)CNC(=O)CCc1cccs1. The van der Waals surface area contributed by atoms with Crippen molar-refractivity contribution in [2.45, 2.75) is 32.6 Å². The highest BCUT2D eigenvalue weighted by Gasteiger charge is 2.08. The molecule has 0 fully saturated rings. The quantitative estimate of drug-likeness (QED) is 0.761. The molecule has 5 heteroatoms. The number of aryl methyl sites for hydroxylation is 1. The summed E-state index contributed by atoms with van der Waals surface area (Å²) in [5.41, 5.74) is 0. The third kappa shape index (κ3) is 6.39. The van der Waals surface area contributed by atoms with E-state index in [1.165, 1.54) is 4.88 Å². The van der Waals surface area contributed by atoms with Crippen LogP contribution in [0.5, 0.6) is 0 Å². The van der Waals surface area contributed by atoms with Gasteiger partial charge in [-0.15, -0.1) is 11.3 Å². The Morgan fingerprint density at radius 2 is 2.22 bits per heavy atom. The molecule has 0 aliphatic heterocycles. The van der Waals surface area contributed by atoms with Crippen LogP contribution in [0.3, 0.4) is 0 Å². The van der Waals surface area contributed by atoms with E-state index in [0.717, 1.165) is 6.42 Å². The van der Waals surface area contributed by atoms with Gasteiger partial charge in [0.25, 0.3) is 0 Å². The number of rotatable bonds is 8. The van der Waals surface area contributed by atoms with Crippen molar-refractivity contribution >= 4 is 23.2 Å². The number of carboxylic acids is 1. The van der Waals surface area contributed by atoms with Gasteiger partial charge in [-0.25, -0.2) is 0 Å². The second-order valence-corrected chi connectivity index (χ2v) is 5.45. The molecule has 100 valence electrons. The van der Waals surface area contributed by atoms with Gasteiger partial charge in [0.05, 0.1) is 0 Å². The first-order chi connectivity index (χ1) is 8.58. The summed E-state index contributed by atoms with van der Waals surface area (Å²) in [6.07, 6.45) is 2.02. The van der Waals surface area contributed by atoms with Crippen molar-refractivity contribution in [1.29, 1.82) is 0 Å². The number of aliphatic carboxylic acids is 1. The normalized spacial score (nSPS) is 12.1. The summed E-state index contributed by atoms with van der Waals surface area (Å²) in [4.78, 5) is 23.2. The Bertz CT molecular complexity index is 376. The first-order valence-corrected chi connectivity index (χ1v) is 6.96. The first-order valence-electron chi connectivity index (χ1n) is 6.09. The molecule has 0 aliphatic rings. The van der Waals surface area contributed by atoms with Crippen molar-refractivity contribution in [3.8, 4) is 0 Å². The van der Waals surface area contributed by atoms with Gasteiger partial charge in [-0.2, -0.15) is 0 Å². The largest absolute Gasteiger partial charge is 0.481 e. The van der Waals surface area contributed by atoms with Crippen molar-refractivity contribution in [2.75, 3.05) is 6.54 Å². The maximum absolute atomic E-state index is 11.6. The van der Waals surface area contributed by atoms with Crippen LogP contribution in [-0.2, 0) is 16.0 Å². The van der Waals surface area contributed by atoms with Crippen LogP contribution in [0.4, 0.5) is 0 Å². The molecule has 0 saturated heterocycles. The maximum Gasteiger partial charge on any atom is 0.303 e. The highest BCUT2D eigenvalue weighted by Crippen LogP contribution is 2.10. The van der Waals surface area contributed by atoms with Gasteiger partial charge < -0.3 is 10.4 Å². The Morgan fingerprint density at radius 1 is 1.44 bits per heavy atom. The van der Waals surface area contributed by atoms with E-state index in [4.69, 9.17) is 5.11 Å². The molecule has 0 saturated carbocycles. The fourth-order valence-corrected chi connectivity index (χ4v) is 2.25. The van der Waals surface area contributed by atoms with Crippen LogP contribution in [0.15, 0.2) is 17.5 Å². The second-order valence-electron chi connectivity index (χ2n) is 4.42. The summed E-state index contributed by atoms with van der Waals surface area (Å²) in [6.45, 7) is 2.50. The van der Waals surface area contributed by atoms with Gasteiger partial charge in [0, 0.05) is 24.3 Å². The van der Waals surface area contributed by atoms with Crippen LogP contribution < -0.4 is 5.32 Å². The molecule has 1 rings (SSSR count). The number of thiophene rings is 1. The van der Waals surface area contributed by atoms with Crippen molar-refractivity contribution in [3.05, 3.63) is 22.4 Å². The third-order valence-corrected chi connectivity index (χ3v) is 3.61. The fourth-order valence-electron chi connectivity index (χ4n) is 1.54. The fraction of sp³-hybridized carbons (Fsp3) is 0.538. The van der Waals surface area contributed by atoms with E-state index in [-0.39, 0.29) is 18.2 Å². The molecule has 0 spiro atoms. The molecule has 1 amide bonds. The molecule has 0 bridgehead atoms. The maximum atomic E-state index is 11.6. The highest BCUT2D eigenvalue weighted by atomic mass is 32.1. The van der Waals surface area contributed by atoms with Gasteiger partial charge >= 0.3 is 5.97 Å². The molecule has 4 nitrogen and oxygen atoms in total. The first kappa shape index (κ1) is 14.7. The standard InChI is InChI=1S/C13H19NO3S/c1-10(4-7-13(16)17)9-14-12(15)6-5-11-3-2-8-18-11/h2-3,8,10H,4-7,9H2,1H3,(H,14,15)(H,16,17). The summed E-state index contributed by atoms with van der Waals surface area (Å²) in [5, 5.41) is 13.4. The highest BCUT2D eigenvalue weighted by molar-refractivity contribution is 7.09. The van der Waals surface area contributed by atoms with E-state index in [0.29, 0.717) is 19.4 Å². The van der Waals surface area contributed by atoms with E-state index in [1.54, 1.807) is 11.3 Å². The summed E-state index contributed by atoms with van der Waals surface area (Å²) in [5.74, 6) is -0.553. The average molecular weight is 269 g/mol. The van der Waals surface area contributed by atoms with Gasteiger partial charge in [-0.05, 0) is 30.2 Å². The summed E-state index contributed by atoms with van der Waals surface area (Å²) in [7, 11) is 0. The lowest BCUT2D eigenvalue weighted by molar-refractivity contribution is -0.137. The monoisotopic (exact) mass is 269 g/mol. The smallest absolute Gasteiger partial charge is 0.303 e. The number of hydrogen-bond donors (Lipinski definition) is 2. The Hall–Kier alpha value is -1.36. The predicted molar refractivity (Wildman–Crippen MR) is 71.7 cm³/mol. The number of carbonyl (C=O) groups excluding carboxylic acids is 1.